The molecule has 0 heterocycles. The van der Waals surface area contributed by atoms with Gasteiger partial charge in [-0.2, -0.15) is 5.48 Å². The highest BCUT2D eigenvalue weighted by molar-refractivity contribution is 5.80. The minimum atomic E-state index is -1.41. The lowest BCUT2D eigenvalue weighted by Crippen LogP contribution is -2.43. The highest BCUT2D eigenvalue weighted by Gasteiger charge is 2.27. The molecular weight excluding hydrogens is 274 g/mol. The summed E-state index contributed by atoms with van der Waals surface area (Å²) in [5, 5.41) is 9.15. The standard InChI is InChI=1S/C15H19NO5/c1-15(2,3)21-16-13(14(18)19)12(9-17)20-10-11-7-5-4-6-8-11/h4-8,13,16H,10H2,1-3H3,(H,18,19)/t13-/m0/s1. The maximum atomic E-state index is 11.2. The van der Waals surface area contributed by atoms with Crippen LogP contribution in [0.5, 0.6) is 0 Å². The van der Waals surface area contributed by atoms with Gasteiger partial charge in [0.1, 0.15) is 6.61 Å². The first-order valence-electron chi connectivity index (χ1n) is 6.41. The maximum absolute atomic E-state index is 11.2. The van der Waals surface area contributed by atoms with E-state index in [0.29, 0.717) is 0 Å². The zero-order chi connectivity index (χ0) is 15.9. The van der Waals surface area contributed by atoms with Crippen LogP contribution in [0.4, 0.5) is 0 Å². The fraction of sp³-hybridized carbons (Fsp3) is 0.400. The topological polar surface area (TPSA) is 84.9 Å². The number of hydrogen-bond acceptors (Lipinski definition) is 5. The number of rotatable bonds is 7. The van der Waals surface area contributed by atoms with Gasteiger partial charge >= 0.3 is 5.97 Å². The number of hydrogen-bond donors (Lipinski definition) is 2. The van der Waals surface area contributed by atoms with Crippen LogP contribution in [-0.4, -0.2) is 28.7 Å². The Morgan fingerprint density at radius 3 is 2.43 bits per heavy atom. The normalized spacial score (nSPS) is 12.3. The van der Waals surface area contributed by atoms with Gasteiger partial charge in [0, 0.05) is 0 Å². The fourth-order valence-corrected chi connectivity index (χ4v) is 1.36. The molecule has 0 fully saturated rings. The van der Waals surface area contributed by atoms with E-state index in [1.54, 1.807) is 32.9 Å². The fourth-order valence-electron chi connectivity index (χ4n) is 1.36. The van der Waals surface area contributed by atoms with E-state index in [2.05, 4.69) is 5.48 Å². The zero-order valence-corrected chi connectivity index (χ0v) is 12.3. The summed E-state index contributed by atoms with van der Waals surface area (Å²) in [5.74, 6) is -0.141. The van der Waals surface area contributed by atoms with Crippen molar-refractivity contribution < 1.29 is 24.3 Å². The molecule has 1 aromatic rings. The van der Waals surface area contributed by atoms with Crippen molar-refractivity contribution in [3.63, 3.8) is 0 Å². The lowest BCUT2D eigenvalue weighted by Gasteiger charge is -2.23. The van der Waals surface area contributed by atoms with Gasteiger partial charge in [-0.15, -0.1) is 0 Å². The molecule has 2 N–H and O–H groups in total. The summed E-state index contributed by atoms with van der Waals surface area (Å²) in [4.78, 5) is 27.3. The van der Waals surface area contributed by atoms with Crippen molar-refractivity contribution in [3.05, 3.63) is 41.7 Å². The van der Waals surface area contributed by atoms with Crippen LogP contribution in [-0.2, 0) is 25.8 Å². The second-order valence-corrected chi connectivity index (χ2v) is 5.34. The SMILES string of the molecule is CC(C)(C)ON[C@H](C(=O)O)C(=C=O)OCc1ccccc1. The van der Waals surface area contributed by atoms with E-state index in [4.69, 9.17) is 14.7 Å². The Morgan fingerprint density at radius 1 is 1.33 bits per heavy atom. The molecule has 0 aromatic heterocycles. The molecule has 114 valence electrons. The van der Waals surface area contributed by atoms with Crippen molar-refractivity contribution in [3.8, 4) is 0 Å². The van der Waals surface area contributed by atoms with Crippen LogP contribution in [0.25, 0.3) is 0 Å². The summed E-state index contributed by atoms with van der Waals surface area (Å²) < 4.78 is 5.24. The monoisotopic (exact) mass is 293 g/mol. The van der Waals surface area contributed by atoms with E-state index < -0.39 is 17.6 Å². The van der Waals surface area contributed by atoms with Crippen LogP contribution in [0.15, 0.2) is 36.1 Å². The van der Waals surface area contributed by atoms with Gasteiger partial charge in [0.05, 0.1) is 5.60 Å². The molecule has 1 atom stereocenters. The van der Waals surface area contributed by atoms with Crippen molar-refractivity contribution in [2.45, 2.75) is 39.0 Å². The summed E-state index contributed by atoms with van der Waals surface area (Å²) in [5.41, 5.74) is 2.52. The summed E-state index contributed by atoms with van der Waals surface area (Å²) in [6.07, 6.45) is 0. The molecule has 0 unspecified atom stereocenters. The largest absolute Gasteiger partial charge is 0.480 e. The first kappa shape index (κ1) is 16.9. The Kier molecular flexibility index (Phi) is 6.11. The van der Waals surface area contributed by atoms with Crippen molar-refractivity contribution in [2.75, 3.05) is 0 Å². The summed E-state index contributed by atoms with van der Waals surface area (Å²) in [6, 6.07) is 7.68. The molecular formula is C15H19NO5. The van der Waals surface area contributed by atoms with Crippen LogP contribution >= 0.6 is 0 Å². The van der Waals surface area contributed by atoms with Crippen LogP contribution in [0.2, 0.25) is 0 Å². The maximum Gasteiger partial charge on any atom is 0.331 e. The zero-order valence-electron chi connectivity index (χ0n) is 12.3. The molecule has 6 heteroatoms. The van der Waals surface area contributed by atoms with Crippen molar-refractivity contribution >= 4 is 11.9 Å². The molecule has 1 aromatic carbocycles. The first-order valence-corrected chi connectivity index (χ1v) is 6.41. The number of carboxylic acids is 1. The van der Waals surface area contributed by atoms with Crippen molar-refractivity contribution in [1.29, 1.82) is 0 Å². The predicted octanol–water partition coefficient (Wildman–Crippen LogP) is 1.69. The predicted molar refractivity (Wildman–Crippen MR) is 75.8 cm³/mol. The molecule has 0 saturated heterocycles. The van der Waals surface area contributed by atoms with E-state index in [0.717, 1.165) is 5.56 Å². The average Bonchev–Trinajstić information content (AvgIpc) is 2.42. The van der Waals surface area contributed by atoms with Crippen molar-refractivity contribution in [1.82, 2.24) is 5.48 Å². The molecule has 0 spiro atoms. The van der Waals surface area contributed by atoms with Gasteiger partial charge in [-0.05, 0) is 26.3 Å². The third-order valence-corrected chi connectivity index (χ3v) is 2.33. The Hall–Kier alpha value is -2.14. The Morgan fingerprint density at radius 2 is 1.95 bits per heavy atom. The van der Waals surface area contributed by atoms with Gasteiger partial charge < -0.3 is 9.84 Å². The molecule has 0 aliphatic heterocycles. The third kappa shape index (κ3) is 6.23. The van der Waals surface area contributed by atoms with Gasteiger partial charge in [-0.25, -0.2) is 9.59 Å². The highest BCUT2D eigenvalue weighted by Crippen LogP contribution is 2.10. The van der Waals surface area contributed by atoms with E-state index in [9.17, 15) is 9.59 Å². The van der Waals surface area contributed by atoms with E-state index >= 15 is 0 Å². The molecule has 0 bridgehead atoms. The smallest absolute Gasteiger partial charge is 0.331 e. The minimum Gasteiger partial charge on any atom is -0.480 e. The highest BCUT2D eigenvalue weighted by atomic mass is 16.7. The Balaban J connectivity index is 2.70. The molecule has 0 radical (unpaired) electrons. The molecule has 0 aliphatic carbocycles. The van der Waals surface area contributed by atoms with Crippen LogP contribution in [0.1, 0.15) is 26.3 Å². The van der Waals surface area contributed by atoms with E-state index in [-0.39, 0.29) is 12.4 Å². The summed E-state index contributed by atoms with van der Waals surface area (Å²) in [6.45, 7) is 5.31. The van der Waals surface area contributed by atoms with E-state index in [1.807, 2.05) is 18.2 Å². The van der Waals surface area contributed by atoms with Gasteiger partial charge in [-0.1, -0.05) is 30.3 Å². The number of carboxylic acid groups (broad SMARTS) is 1. The molecule has 0 saturated carbocycles. The van der Waals surface area contributed by atoms with Crippen LogP contribution in [0, 0.1) is 0 Å². The van der Waals surface area contributed by atoms with Gasteiger partial charge in [-0.3, -0.25) is 4.84 Å². The molecule has 0 amide bonds. The third-order valence-electron chi connectivity index (χ3n) is 2.33. The number of ether oxygens (including phenoxy) is 1. The second kappa shape index (κ2) is 7.59. The first-order chi connectivity index (χ1) is 9.83. The van der Waals surface area contributed by atoms with Crippen LogP contribution < -0.4 is 5.48 Å². The lowest BCUT2D eigenvalue weighted by atomic mass is 10.2. The molecule has 1 rings (SSSR count). The van der Waals surface area contributed by atoms with Crippen LogP contribution in [0.3, 0.4) is 0 Å². The molecule has 21 heavy (non-hydrogen) atoms. The van der Waals surface area contributed by atoms with Crippen molar-refractivity contribution in [2.24, 2.45) is 0 Å². The second-order valence-electron chi connectivity index (χ2n) is 5.34. The number of carbonyl (C=O) groups excluding carboxylic acids is 1. The number of aliphatic carboxylic acids is 1. The Bertz CT molecular complexity index is 515. The average molecular weight is 293 g/mol. The van der Waals surface area contributed by atoms with Gasteiger partial charge in [0.2, 0.25) is 5.76 Å². The molecule has 0 aliphatic rings. The quantitative estimate of drug-likeness (QED) is 0.452. The van der Waals surface area contributed by atoms with Gasteiger partial charge in [0.15, 0.2) is 12.0 Å². The molecule has 6 nitrogen and oxygen atoms in total. The minimum absolute atomic E-state index is 0.0758. The van der Waals surface area contributed by atoms with E-state index in [1.165, 1.54) is 5.94 Å². The lowest BCUT2D eigenvalue weighted by molar-refractivity contribution is -0.150. The van der Waals surface area contributed by atoms with Gasteiger partial charge in [0.25, 0.3) is 0 Å². The Labute approximate surface area is 123 Å². The summed E-state index contributed by atoms with van der Waals surface area (Å²) in [7, 11) is 0. The number of carbonyl (C=O) groups is 1. The number of nitrogens with one attached hydrogen (secondary N) is 1. The number of hydroxylamine groups is 1. The number of benzene rings is 1. The summed E-state index contributed by atoms with van der Waals surface area (Å²) >= 11 is 0.